The Labute approximate surface area is 156 Å². The molecule has 0 aromatic heterocycles. The zero-order chi connectivity index (χ0) is 19.1. The van der Waals surface area contributed by atoms with Gasteiger partial charge in [-0.05, 0) is 52.0 Å². The van der Waals surface area contributed by atoms with Gasteiger partial charge in [0, 0.05) is 5.88 Å². The summed E-state index contributed by atoms with van der Waals surface area (Å²) in [6.07, 6.45) is 6.77. The monoisotopic (exact) mass is 395 g/mol. The molecular formula is C17H30ClNO5S. The van der Waals surface area contributed by atoms with Crippen LogP contribution >= 0.6 is 11.6 Å². The molecule has 0 bridgehead atoms. The van der Waals surface area contributed by atoms with Gasteiger partial charge in [-0.25, -0.2) is 4.79 Å². The van der Waals surface area contributed by atoms with Gasteiger partial charge in [0.1, 0.15) is 6.04 Å². The van der Waals surface area contributed by atoms with Gasteiger partial charge in [-0.2, -0.15) is 13.1 Å². The topological polar surface area (TPSA) is 81.7 Å². The normalized spacial score (nSPS) is 18.8. The maximum absolute atomic E-state index is 12.5. The van der Waals surface area contributed by atoms with Gasteiger partial charge in [-0.3, -0.25) is 4.18 Å². The Morgan fingerprint density at radius 3 is 2.36 bits per heavy atom. The lowest BCUT2D eigenvalue weighted by Gasteiger charge is -2.30. The third kappa shape index (κ3) is 8.07. The molecule has 1 rings (SSSR count). The van der Waals surface area contributed by atoms with Crippen molar-refractivity contribution in [1.82, 2.24) is 4.72 Å². The number of ether oxygens (including phenoxy) is 1. The summed E-state index contributed by atoms with van der Waals surface area (Å²) in [6.45, 7) is 6.73. The quantitative estimate of drug-likeness (QED) is 0.387. The summed E-state index contributed by atoms with van der Waals surface area (Å²) < 4.78 is 37.3. The summed E-state index contributed by atoms with van der Waals surface area (Å²) in [6, 6.07) is -1.12. The lowest BCUT2D eigenvalue weighted by molar-refractivity contribution is -0.144. The van der Waals surface area contributed by atoms with E-state index in [9.17, 15) is 13.2 Å². The molecule has 0 amide bonds. The van der Waals surface area contributed by atoms with Crippen LogP contribution in [0.3, 0.4) is 0 Å². The molecule has 1 atom stereocenters. The Kier molecular flexibility index (Phi) is 8.87. The molecule has 1 N–H and O–H groups in total. The van der Waals surface area contributed by atoms with E-state index in [1.807, 2.05) is 0 Å². The average Bonchev–Trinajstić information content (AvgIpc) is 2.49. The highest BCUT2D eigenvalue weighted by Gasteiger charge is 2.35. The molecule has 1 saturated carbocycles. The molecule has 0 heterocycles. The predicted octanol–water partition coefficient (Wildman–Crippen LogP) is 3.31. The van der Waals surface area contributed by atoms with E-state index >= 15 is 0 Å². The summed E-state index contributed by atoms with van der Waals surface area (Å²) in [4.78, 5) is 12.5. The molecule has 0 aliphatic heterocycles. The smallest absolute Gasteiger partial charge is 0.337 e. The maximum Gasteiger partial charge on any atom is 0.337 e. The molecule has 8 heteroatoms. The van der Waals surface area contributed by atoms with E-state index in [2.05, 4.69) is 4.72 Å². The van der Waals surface area contributed by atoms with Gasteiger partial charge in [0.25, 0.3) is 0 Å². The molecule has 0 aromatic carbocycles. The third-order valence-electron chi connectivity index (χ3n) is 3.87. The Bertz CT molecular complexity index is 562. The van der Waals surface area contributed by atoms with E-state index in [1.54, 1.807) is 33.8 Å². The van der Waals surface area contributed by atoms with Crippen molar-refractivity contribution in [1.29, 1.82) is 0 Å². The molecule has 1 fully saturated rings. The van der Waals surface area contributed by atoms with E-state index in [1.165, 1.54) is 0 Å². The molecule has 1 aliphatic carbocycles. The molecule has 0 radical (unpaired) electrons. The van der Waals surface area contributed by atoms with E-state index in [-0.39, 0.29) is 18.4 Å². The highest BCUT2D eigenvalue weighted by Crippen LogP contribution is 2.32. The molecule has 6 nitrogen and oxygen atoms in total. The second kappa shape index (κ2) is 9.90. The number of esters is 1. The first-order valence-corrected chi connectivity index (χ1v) is 10.7. The highest BCUT2D eigenvalue weighted by atomic mass is 35.5. The molecular weight excluding hydrogens is 366 g/mol. The Hall–Kier alpha value is -0.630. The number of carbonyl (C=O) groups excluding carboxylic acids is 1. The largest absolute Gasteiger partial charge is 0.465 e. The number of rotatable bonds is 8. The fraction of sp³-hybridized carbons (Fsp3) is 0.824. The van der Waals surface area contributed by atoms with E-state index in [4.69, 9.17) is 20.5 Å². The van der Waals surface area contributed by atoms with Crippen LogP contribution in [0.5, 0.6) is 0 Å². The minimum atomic E-state index is -4.14. The second-order valence-corrected chi connectivity index (χ2v) is 8.77. The summed E-state index contributed by atoms with van der Waals surface area (Å²) in [5, 5.41) is 0. The van der Waals surface area contributed by atoms with Crippen molar-refractivity contribution in [2.75, 3.05) is 12.5 Å². The lowest BCUT2D eigenvalue weighted by Crippen LogP contribution is -2.47. The van der Waals surface area contributed by atoms with Gasteiger partial charge < -0.3 is 4.74 Å². The van der Waals surface area contributed by atoms with Crippen LogP contribution in [0.2, 0.25) is 0 Å². The number of hydrogen-bond acceptors (Lipinski definition) is 5. The Morgan fingerprint density at radius 1 is 1.28 bits per heavy atom. The number of halogens is 1. The van der Waals surface area contributed by atoms with Crippen molar-refractivity contribution in [3.63, 3.8) is 0 Å². The van der Waals surface area contributed by atoms with Crippen LogP contribution in [0.1, 0.15) is 59.8 Å². The zero-order valence-corrected chi connectivity index (χ0v) is 17.1. The fourth-order valence-electron chi connectivity index (χ4n) is 3.02. The number of nitrogens with one attached hydrogen (secondary N) is 1. The zero-order valence-electron chi connectivity index (χ0n) is 15.5. The first-order valence-electron chi connectivity index (χ1n) is 8.75. The molecule has 146 valence electrons. The maximum atomic E-state index is 12.5. The summed E-state index contributed by atoms with van der Waals surface area (Å²) in [5.74, 6) is -0.325. The van der Waals surface area contributed by atoms with Gasteiger partial charge in [-0.1, -0.05) is 25.3 Å². The van der Waals surface area contributed by atoms with Crippen LogP contribution in [0.15, 0.2) is 11.6 Å². The minimum Gasteiger partial charge on any atom is -0.465 e. The Balaban J connectivity index is 3.12. The van der Waals surface area contributed by atoms with Crippen molar-refractivity contribution in [3.05, 3.63) is 11.6 Å². The first-order chi connectivity index (χ1) is 11.6. The van der Waals surface area contributed by atoms with Gasteiger partial charge in [0.15, 0.2) is 0 Å². The molecule has 1 aliphatic rings. The second-order valence-electron chi connectivity index (χ2n) is 7.15. The van der Waals surface area contributed by atoms with E-state index < -0.39 is 27.9 Å². The summed E-state index contributed by atoms with van der Waals surface area (Å²) in [5.41, 5.74) is -0.235. The first kappa shape index (κ1) is 22.4. The van der Waals surface area contributed by atoms with Gasteiger partial charge in [-0.15, -0.1) is 11.6 Å². The number of carbonyl (C=O) groups is 1. The van der Waals surface area contributed by atoms with Gasteiger partial charge in [0.05, 0.1) is 12.2 Å². The van der Waals surface area contributed by atoms with Crippen molar-refractivity contribution < 1.29 is 22.1 Å². The molecule has 0 saturated heterocycles. The van der Waals surface area contributed by atoms with Crippen molar-refractivity contribution >= 4 is 27.9 Å². The number of alkyl halides is 1. The predicted molar refractivity (Wildman–Crippen MR) is 98.7 cm³/mol. The van der Waals surface area contributed by atoms with Crippen LogP contribution in [-0.4, -0.2) is 38.5 Å². The fourth-order valence-corrected chi connectivity index (χ4v) is 4.43. The standard InChI is InChI=1S/C17H30ClNO5S/c1-5-23-16(20)15(19-25(21,22)24-17(2,3)4)14(11-12-18)13-9-7-6-8-10-13/h11,13,15,19H,5-10,12H2,1-4H3/b14-11-/t15-/m0/s1. The Morgan fingerprint density at radius 2 is 1.88 bits per heavy atom. The molecule has 0 spiro atoms. The minimum absolute atomic E-state index is 0.110. The number of allylic oxidation sites excluding steroid dienone is 1. The van der Waals surface area contributed by atoms with Gasteiger partial charge >= 0.3 is 16.3 Å². The summed E-state index contributed by atoms with van der Waals surface area (Å²) >= 11 is 5.88. The van der Waals surface area contributed by atoms with Crippen molar-refractivity contribution in [2.24, 2.45) is 5.92 Å². The molecule has 0 unspecified atom stereocenters. The number of hydrogen-bond donors (Lipinski definition) is 1. The lowest BCUT2D eigenvalue weighted by atomic mass is 9.81. The van der Waals surface area contributed by atoms with Crippen LogP contribution in [0.4, 0.5) is 0 Å². The average molecular weight is 396 g/mol. The van der Waals surface area contributed by atoms with E-state index in [0.717, 1.165) is 32.1 Å². The van der Waals surface area contributed by atoms with Crippen LogP contribution in [-0.2, 0) is 24.0 Å². The van der Waals surface area contributed by atoms with Crippen molar-refractivity contribution in [3.8, 4) is 0 Å². The summed E-state index contributed by atoms with van der Waals surface area (Å²) in [7, 11) is -4.14. The molecule has 25 heavy (non-hydrogen) atoms. The van der Waals surface area contributed by atoms with Crippen LogP contribution < -0.4 is 4.72 Å². The van der Waals surface area contributed by atoms with Crippen LogP contribution in [0.25, 0.3) is 0 Å². The van der Waals surface area contributed by atoms with Gasteiger partial charge in [0.2, 0.25) is 0 Å². The third-order valence-corrected chi connectivity index (χ3v) is 5.27. The van der Waals surface area contributed by atoms with Crippen molar-refractivity contribution in [2.45, 2.75) is 71.4 Å². The highest BCUT2D eigenvalue weighted by molar-refractivity contribution is 7.84. The molecule has 0 aromatic rings. The van der Waals surface area contributed by atoms with Crippen LogP contribution in [0, 0.1) is 5.92 Å². The van der Waals surface area contributed by atoms with E-state index in [0.29, 0.717) is 5.57 Å². The SMILES string of the molecule is CCOC(=O)[C@@H](NS(=O)(=O)OC(C)(C)C)/C(=C\CCl)C1CCCCC1.